The molecule has 0 bridgehead atoms. The fourth-order valence-electron chi connectivity index (χ4n) is 3.92. The van der Waals surface area contributed by atoms with Crippen molar-refractivity contribution in [2.75, 3.05) is 16.8 Å². The zero-order chi connectivity index (χ0) is 22.3. The van der Waals surface area contributed by atoms with E-state index in [2.05, 4.69) is 10.2 Å². The molecule has 0 saturated heterocycles. The predicted octanol–water partition coefficient (Wildman–Crippen LogP) is 6.59. The number of allylic oxidation sites excluding steroid dienone is 4. The molecule has 0 unspecified atom stereocenters. The van der Waals surface area contributed by atoms with Gasteiger partial charge in [-0.05, 0) is 72.6 Å². The Balaban J connectivity index is 1.80. The second kappa shape index (κ2) is 7.97. The van der Waals surface area contributed by atoms with Gasteiger partial charge in [-0.25, -0.2) is 0 Å². The van der Waals surface area contributed by atoms with Crippen LogP contribution in [0.1, 0.15) is 51.2 Å². The van der Waals surface area contributed by atoms with Gasteiger partial charge in [-0.3, -0.25) is 4.79 Å². The second-order valence-corrected chi connectivity index (χ2v) is 9.37. The smallest absolute Gasteiger partial charge is 0.347 e. The fourth-order valence-corrected chi connectivity index (χ4v) is 3.92. The summed E-state index contributed by atoms with van der Waals surface area (Å²) in [5.41, 5.74) is 4.80. The van der Waals surface area contributed by atoms with Crippen molar-refractivity contribution in [3.8, 4) is 0 Å². The van der Waals surface area contributed by atoms with Crippen molar-refractivity contribution in [2.24, 2.45) is 5.41 Å². The Morgan fingerprint density at radius 3 is 2.30 bits per heavy atom. The Morgan fingerprint density at radius 2 is 1.73 bits per heavy atom. The van der Waals surface area contributed by atoms with Gasteiger partial charge in [0.25, 0.3) is 0 Å². The molecule has 0 atom stereocenters. The number of benzene rings is 1. The van der Waals surface area contributed by atoms with Gasteiger partial charge in [0.15, 0.2) is 0 Å². The normalized spacial score (nSPS) is 17.1. The molecule has 3 nitrogen and oxygen atoms in total. The van der Waals surface area contributed by atoms with Crippen LogP contribution >= 0.6 is 0 Å². The minimum atomic E-state index is -4.29. The van der Waals surface area contributed by atoms with Crippen LogP contribution in [0, 0.1) is 19.3 Å². The number of fused-ring (bicyclic) bond motifs is 1. The van der Waals surface area contributed by atoms with E-state index in [9.17, 15) is 18.0 Å². The summed E-state index contributed by atoms with van der Waals surface area (Å²) < 4.78 is 38.9. The number of anilines is 2. The molecular formula is C24H29F3N2O. The van der Waals surface area contributed by atoms with E-state index in [0.29, 0.717) is 19.4 Å². The number of carbonyl (C=O) groups excluding carboxylic acids is 1. The Labute approximate surface area is 176 Å². The highest BCUT2D eigenvalue weighted by atomic mass is 19.4. The lowest BCUT2D eigenvalue weighted by atomic mass is 9.89. The van der Waals surface area contributed by atoms with Crippen LogP contribution in [-0.4, -0.2) is 18.6 Å². The van der Waals surface area contributed by atoms with Gasteiger partial charge < -0.3 is 10.2 Å². The van der Waals surface area contributed by atoms with E-state index in [4.69, 9.17) is 0 Å². The first-order valence-corrected chi connectivity index (χ1v) is 10.2. The molecule has 1 heterocycles. The molecule has 0 spiro atoms. The maximum Gasteiger partial charge on any atom is 0.416 e. The molecular weight excluding hydrogens is 389 g/mol. The molecule has 1 N–H and O–H groups in total. The van der Waals surface area contributed by atoms with Gasteiger partial charge in [0.2, 0.25) is 5.91 Å². The average Bonchev–Trinajstić information content (AvgIpc) is 2.61. The first kappa shape index (κ1) is 22.2. The zero-order valence-electron chi connectivity index (χ0n) is 18.2. The molecule has 1 aliphatic carbocycles. The SMILES string of the molecule is Cc1cc(N2C=C3CC=C(C(F)(F)F)C=C3CC2)cc(C)c1NC(=O)CC(C)(C)C. The number of alkyl halides is 3. The number of hydrogen-bond donors (Lipinski definition) is 1. The molecule has 0 saturated carbocycles. The minimum Gasteiger partial charge on any atom is -0.347 e. The monoisotopic (exact) mass is 418 g/mol. The van der Waals surface area contributed by atoms with Crippen molar-refractivity contribution in [3.05, 3.63) is 58.3 Å². The van der Waals surface area contributed by atoms with Crippen molar-refractivity contribution in [2.45, 2.75) is 60.1 Å². The van der Waals surface area contributed by atoms with E-state index >= 15 is 0 Å². The molecule has 6 heteroatoms. The largest absolute Gasteiger partial charge is 0.416 e. The first-order valence-electron chi connectivity index (χ1n) is 10.2. The Morgan fingerprint density at radius 1 is 1.10 bits per heavy atom. The van der Waals surface area contributed by atoms with Gasteiger partial charge in [0.1, 0.15) is 0 Å². The maximum atomic E-state index is 13.0. The number of amides is 1. The molecule has 1 amide bonds. The molecule has 1 aromatic rings. The molecule has 0 radical (unpaired) electrons. The Bertz CT molecular complexity index is 923. The van der Waals surface area contributed by atoms with Crippen LogP contribution in [0.15, 0.2) is 47.2 Å². The molecule has 162 valence electrons. The molecule has 3 rings (SSSR count). The van der Waals surface area contributed by atoms with Gasteiger partial charge in [0.05, 0.1) is 5.57 Å². The van der Waals surface area contributed by atoms with Crippen molar-refractivity contribution >= 4 is 17.3 Å². The summed E-state index contributed by atoms with van der Waals surface area (Å²) in [6.07, 6.45) is 1.48. The van der Waals surface area contributed by atoms with Gasteiger partial charge in [-0.15, -0.1) is 0 Å². The third kappa shape index (κ3) is 5.15. The van der Waals surface area contributed by atoms with Crippen LogP contribution in [0.4, 0.5) is 24.5 Å². The number of aryl methyl sites for hydroxylation is 2. The van der Waals surface area contributed by atoms with Crippen LogP contribution in [0.5, 0.6) is 0 Å². The molecule has 30 heavy (non-hydrogen) atoms. The van der Waals surface area contributed by atoms with Gasteiger partial charge in [0, 0.05) is 30.5 Å². The standard InChI is InChI=1S/C24H29F3N2O/c1-15-10-20(11-16(2)22(15)28-21(30)13-23(3,4)5)29-9-8-17-12-19(24(25,26)27)7-6-18(17)14-29/h7,10-12,14H,6,8-9,13H2,1-5H3,(H,28,30). The zero-order valence-corrected chi connectivity index (χ0v) is 18.2. The van der Waals surface area contributed by atoms with Gasteiger partial charge >= 0.3 is 6.18 Å². The first-order chi connectivity index (χ1) is 13.8. The lowest BCUT2D eigenvalue weighted by Gasteiger charge is -2.31. The number of carbonyl (C=O) groups is 1. The van der Waals surface area contributed by atoms with Crippen molar-refractivity contribution < 1.29 is 18.0 Å². The van der Waals surface area contributed by atoms with E-state index in [0.717, 1.165) is 33.6 Å². The van der Waals surface area contributed by atoms with Crippen LogP contribution in [0.2, 0.25) is 0 Å². The quantitative estimate of drug-likeness (QED) is 0.600. The fraction of sp³-hybridized carbons (Fsp3) is 0.458. The van der Waals surface area contributed by atoms with Crippen molar-refractivity contribution in [1.82, 2.24) is 0 Å². The molecule has 1 aliphatic heterocycles. The third-order valence-electron chi connectivity index (χ3n) is 5.35. The molecule has 1 aromatic carbocycles. The highest BCUT2D eigenvalue weighted by Gasteiger charge is 2.34. The highest BCUT2D eigenvalue weighted by molar-refractivity contribution is 5.93. The summed E-state index contributed by atoms with van der Waals surface area (Å²) >= 11 is 0. The lowest BCUT2D eigenvalue weighted by molar-refractivity contribution is -0.117. The van der Waals surface area contributed by atoms with E-state index in [1.807, 2.05) is 53.0 Å². The van der Waals surface area contributed by atoms with Crippen LogP contribution in [-0.2, 0) is 4.79 Å². The summed E-state index contributed by atoms with van der Waals surface area (Å²) in [6.45, 7) is 10.6. The number of nitrogens with one attached hydrogen (secondary N) is 1. The minimum absolute atomic E-state index is 0.00854. The number of hydrogen-bond acceptors (Lipinski definition) is 2. The predicted molar refractivity (Wildman–Crippen MR) is 116 cm³/mol. The van der Waals surface area contributed by atoms with Crippen LogP contribution in [0.25, 0.3) is 0 Å². The Hall–Kier alpha value is -2.50. The van der Waals surface area contributed by atoms with Crippen LogP contribution < -0.4 is 10.2 Å². The van der Waals surface area contributed by atoms with Crippen LogP contribution in [0.3, 0.4) is 0 Å². The molecule has 0 fully saturated rings. The summed E-state index contributed by atoms with van der Waals surface area (Å²) in [7, 11) is 0. The maximum absolute atomic E-state index is 13.0. The third-order valence-corrected chi connectivity index (χ3v) is 5.35. The van der Waals surface area contributed by atoms with Crippen molar-refractivity contribution in [1.29, 1.82) is 0 Å². The lowest BCUT2D eigenvalue weighted by Crippen LogP contribution is -2.25. The van der Waals surface area contributed by atoms with E-state index in [-0.39, 0.29) is 17.7 Å². The summed E-state index contributed by atoms with van der Waals surface area (Å²) in [5.74, 6) is -0.00854. The van der Waals surface area contributed by atoms with E-state index < -0.39 is 11.7 Å². The van der Waals surface area contributed by atoms with Crippen molar-refractivity contribution in [3.63, 3.8) is 0 Å². The topological polar surface area (TPSA) is 32.3 Å². The Kier molecular flexibility index (Phi) is 5.89. The molecule has 0 aromatic heterocycles. The summed E-state index contributed by atoms with van der Waals surface area (Å²) in [5, 5.41) is 3.03. The van der Waals surface area contributed by atoms with Gasteiger partial charge in [-0.1, -0.05) is 26.8 Å². The highest BCUT2D eigenvalue weighted by Crippen LogP contribution is 2.38. The average molecular weight is 419 g/mol. The van der Waals surface area contributed by atoms with E-state index in [1.54, 1.807) is 0 Å². The van der Waals surface area contributed by atoms with E-state index in [1.165, 1.54) is 12.2 Å². The second-order valence-electron chi connectivity index (χ2n) is 9.37. The molecule has 2 aliphatic rings. The summed E-state index contributed by atoms with van der Waals surface area (Å²) in [4.78, 5) is 14.4. The number of rotatable bonds is 3. The summed E-state index contributed by atoms with van der Waals surface area (Å²) in [6, 6.07) is 4.04. The van der Waals surface area contributed by atoms with Gasteiger partial charge in [-0.2, -0.15) is 13.2 Å². The number of nitrogens with zero attached hydrogens (tertiary/aromatic N) is 1. The number of halogens is 3.